The number of hydrogen-bond acceptors (Lipinski definition) is 7. The number of methoxy groups -OCH3 is 1. The summed E-state index contributed by atoms with van der Waals surface area (Å²) >= 11 is 0. The van der Waals surface area contributed by atoms with E-state index in [9.17, 15) is 9.59 Å². The van der Waals surface area contributed by atoms with E-state index in [-0.39, 0.29) is 12.1 Å². The van der Waals surface area contributed by atoms with Gasteiger partial charge in [0.2, 0.25) is 0 Å². The van der Waals surface area contributed by atoms with Gasteiger partial charge in [-0.1, -0.05) is 12.1 Å². The number of anilines is 3. The van der Waals surface area contributed by atoms with Crippen molar-refractivity contribution in [1.82, 2.24) is 9.88 Å². The van der Waals surface area contributed by atoms with E-state index in [1.165, 1.54) is 0 Å². The number of aromatic nitrogens is 1. The van der Waals surface area contributed by atoms with E-state index in [2.05, 4.69) is 39.2 Å². The third-order valence-electron chi connectivity index (χ3n) is 8.56. The first kappa shape index (κ1) is 25.3. The van der Waals surface area contributed by atoms with Crippen LogP contribution < -0.4 is 26.2 Å². The van der Waals surface area contributed by atoms with Crippen molar-refractivity contribution < 1.29 is 4.74 Å². The van der Waals surface area contributed by atoms with Crippen molar-refractivity contribution in [2.75, 3.05) is 30.8 Å². The molecule has 5 atom stereocenters. The minimum Gasteiger partial charge on any atom is -0.497 e. The van der Waals surface area contributed by atoms with Crippen LogP contribution in [-0.2, 0) is 0 Å². The fraction of sp³-hybridized carbons (Fsp3) is 0.344. The quantitative estimate of drug-likeness (QED) is 0.242. The monoisotopic (exact) mass is 522 g/mol. The Bertz CT molecular complexity index is 1620. The molecule has 39 heavy (non-hydrogen) atoms. The van der Waals surface area contributed by atoms with E-state index < -0.39 is 10.9 Å². The number of nitrogens with one attached hydrogen (secondary N) is 2. The zero-order valence-corrected chi connectivity index (χ0v) is 22.7. The fourth-order valence-corrected chi connectivity index (χ4v) is 6.65. The summed E-state index contributed by atoms with van der Waals surface area (Å²) in [5.41, 5.74) is 4.57. The lowest BCUT2D eigenvalue weighted by molar-refractivity contribution is 0.0105. The van der Waals surface area contributed by atoms with Gasteiger partial charge in [-0.25, -0.2) is 0 Å². The first-order chi connectivity index (χ1) is 18.9. The normalized spacial score (nSPS) is 23.1. The Kier molecular flexibility index (Phi) is 6.47. The van der Waals surface area contributed by atoms with Crippen molar-refractivity contribution in [2.24, 2.45) is 11.8 Å². The van der Waals surface area contributed by atoms with Crippen molar-refractivity contribution in [3.05, 3.63) is 98.5 Å². The molecule has 4 heterocycles. The molecule has 0 aliphatic carbocycles. The molecular formula is C32H34N4O3. The number of rotatable bonds is 8. The van der Waals surface area contributed by atoms with Gasteiger partial charge in [0.15, 0.2) is 0 Å². The van der Waals surface area contributed by atoms with E-state index in [0.29, 0.717) is 23.2 Å². The van der Waals surface area contributed by atoms with Crippen LogP contribution in [0.25, 0.3) is 10.9 Å². The first-order valence-electron chi connectivity index (χ1n) is 13.6. The molecule has 3 aliphatic rings. The van der Waals surface area contributed by atoms with Gasteiger partial charge in [0, 0.05) is 29.9 Å². The van der Waals surface area contributed by atoms with Gasteiger partial charge in [0.05, 0.1) is 18.7 Å². The summed E-state index contributed by atoms with van der Waals surface area (Å²) < 4.78 is 5.54. The molecule has 2 bridgehead atoms. The number of fused-ring (bicyclic) bond motifs is 4. The number of aryl methyl sites for hydroxylation is 2. The Balaban J connectivity index is 1.43. The van der Waals surface area contributed by atoms with Gasteiger partial charge in [-0.15, -0.1) is 6.58 Å². The highest BCUT2D eigenvalue weighted by molar-refractivity contribution is 5.85. The second-order valence-electron chi connectivity index (χ2n) is 11.1. The molecule has 0 saturated carbocycles. The molecule has 0 spiro atoms. The molecule has 0 radical (unpaired) electrons. The Morgan fingerprint density at radius 2 is 1.85 bits per heavy atom. The average Bonchev–Trinajstić information content (AvgIpc) is 2.95. The van der Waals surface area contributed by atoms with E-state index >= 15 is 0 Å². The summed E-state index contributed by atoms with van der Waals surface area (Å²) in [6, 6.07) is 13.9. The van der Waals surface area contributed by atoms with Crippen molar-refractivity contribution in [1.29, 1.82) is 0 Å². The molecule has 0 amide bonds. The van der Waals surface area contributed by atoms with E-state index in [4.69, 9.17) is 4.74 Å². The van der Waals surface area contributed by atoms with E-state index in [1.54, 1.807) is 7.11 Å². The third-order valence-corrected chi connectivity index (χ3v) is 8.56. The van der Waals surface area contributed by atoms with Gasteiger partial charge in [-0.3, -0.25) is 19.5 Å². The molecule has 3 saturated heterocycles. The van der Waals surface area contributed by atoms with Crippen LogP contribution in [0.2, 0.25) is 0 Å². The van der Waals surface area contributed by atoms with Gasteiger partial charge >= 0.3 is 0 Å². The lowest BCUT2D eigenvalue weighted by Crippen LogP contribution is -2.56. The fourth-order valence-electron chi connectivity index (χ4n) is 6.65. The van der Waals surface area contributed by atoms with Gasteiger partial charge in [-0.05, 0) is 98.2 Å². The second-order valence-corrected chi connectivity index (χ2v) is 11.1. The topological polar surface area (TPSA) is 83.6 Å². The third kappa shape index (κ3) is 4.51. The van der Waals surface area contributed by atoms with Gasteiger partial charge in [0.1, 0.15) is 17.1 Å². The van der Waals surface area contributed by atoms with E-state index in [0.717, 1.165) is 65.0 Å². The average molecular weight is 523 g/mol. The minimum atomic E-state index is -0.492. The van der Waals surface area contributed by atoms with Crippen LogP contribution in [-0.4, -0.2) is 36.1 Å². The second kappa shape index (κ2) is 9.97. The minimum absolute atomic E-state index is 0.148. The van der Waals surface area contributed by atoms with Crippen LogP contribution in [0.1, 0.15) is 35.6 Å². The maximum absolute atomic E-state index is 13.0. The molecule has 3 aromatic carbocycles. The van der Waals surface area contributed by atoms with Crippen LogP contribution >= 0.6 is 0 Å². The highest BCUT2D eigenvalue weighted by Crippen LogP contribution is 2.44. The standard InChI is InChI=1S/C32H34N4O3/c1-5-20-17-36-11-9-21(20)15-27(36)28(24-8-10-33-26-7-6-23(39-4)16-25(24)26)35-30-29(31(37)32(30)38)34-22-13-18(2)12-19(3)14-22/h5-8,10,12-14,16,20-21,27-28,34-35H,1,9,11,15,17H2,2-4H3/t20-,21-,27+,28-/m0/s1. The number of hydrogen-bond donors (Lipinski definition) is 2. The molecule has 3 aliphatic heterocycles. The largest absolute Gasteiger partial charge is 0.497 e. The molecule has 3 fully saturated rings. The molecule has 7 heteroatoms. The summed E-state index contributed by atoms with van der Waals surface area (Å²) in [6.45, 7) is 10.1. The van der Waals surface area contributed by atoms with Gasteiger partial charge in [0.25, 0.3) is 10.9 Å². The number of piperidine rings is 3. The van der Waals surface area contributed by atoms with Crippen LogP contribution in [0.5, 0.6) is 5.75 Å². The molecule has 7 nitrogen and oxygen atoms in total. The lowest BCUT2D eigenvalue weighted by Gasteiger charge is -2.52. The molecule has 200 valence electrons. The Labute approximate surface area is 228 Å². The van der Waals surface area contributed by atoms with Crippen molar-refractivity contribution >= 4 is 28.0 Å². The number of ether oxygens (including phenoxy) is 1. The molecule has 1 unspecified atom stereocenters. The molecule has 2 N–H and O–H groups in total. The Hall–Kier alpha value is -3.97. The van der Waals surface area contributed by atoms with Crippen molar-refractivity contribution in [3.63, 3.8) is 0 Å². The summed E-state index contributed by atoms with van der Waals surface area (Å²) in [6.07, 6.45) is 6.03. The maximum atomic E-state index is 13.0. The van der Waals surface area contributed by atoms with Crippen LogP contribution in [0, 0.1) is 25.7 Å². The van der Waals surface area contributed by atoms with Crippen molar-refractivity contribution in [2.45, 2.75) is 38.8 Å². The molecule has 4 aromatic rings. The molecule has 1 aromatic heterocycles. The predicted molar refractivity (Wildman–Crippen MR) is 157 cm³/mol. The SMILES string of the molecule is C=C[C@H]1CN2CC[C@H]1C[C@@H]2[C@@H](Nc1c(Nc2cc(C)cc(C)c2)c(=O)c1=O)c1ccnc2ccc(OC)cc12. The van der Waals surface area contributed by atoms with Gasteiger partial charge in [-0.2, -0.15) is 0 Å². The summed E-state index contributed by atoms with van der Waals surface area (Å²) in [5.74, 6) is 1.77. The van der Waals surface area contributed by atoms with Crippen LogP contribution in [0.4, 0.5) is 17.1 Å². The Morgan fingerprint density at radius 1 is 1.08 bits per heavy atom. The molecule has 7 rings (SSSR count). The van der Waals surface area contributed by atoms with Gasteiger partial charge < -0.3 is 15.4 Å². The first-order valence-corrected chi connectivity index (χ1v) is 13.6. The smallest absolute Gasteiger partial charge is 0.253 e. The Morgan fingerprint density at radius 3 is 2.54 bits per heavy atom. The lowest BCUT2D eigenvalue weighted by atomic mass is 9.73. The van der Waals surface area contributed by atoms with E-state index in [1.807, 2.05) is 56.4 Å². The zero-order chi connectivity index (χ0) is 27.3. The van der Waals surface area contributed by atoms with Crippen LogP contribution in [0.15, 0.2) is 70.9 Å². The zero-order valence-electron chi connectivity index (χ0n) is 22.7. The maximum Gasteiger partial charge on any atom is 0.253 e. The highest BCUT2D eigenvalue weighted by Gasteiger charge is 2.43. The summed E-state index contributed by atoms with van der Waals surface area (Å²) in [5, 5.41) is 7.79. The predicted octanol–water partition coefficient (Wildman–Crippen LogP) is 5.25. The number of nitrogens with zero attached hydrogens (tertiary/aromatic N) is 2. The summed E-state index contributed by atoms with van der Waals surface area (Å²) in [4.78, 5) is 32.9. The number of pyridine rings is 1. The van der Waals surface area contributed by atoms with Crippen LogP contribution in [0.3, 0.4) is 0 Å². The molecular weight excluding hydrogens is 488 g/mol. The number of benzene rings is 2. The van der Waals surface area contributed by atoms with Crippen molar-refractivity contribution in [3.8, 4) is 5.75 Å². The highest BCUT2D eigenvalue weighted by atomic mass is 16.5. The summed E-state index contributed by atoms with van der Waals surface area (Å²) in [7, 11) is 1.66.